The Morgan fingerprint density at radius 1 is 1.16 bits per heavy atom. The van der Waals surface area contributed by atoms with Crippen molar-refractivity contribution in [3.8, 4) is 5.69 Å². The fourth-order valence-corrected chi connectivity index (χ4v) is 5.23. The second-order valence-electron chi connectivity index (χ2n) is 7.76. The number of carbonyl (C=O) groups is 1. The zero-order chi connectivity index (χ0) is 21.4. The number of fused-ring (bicyclic) bond motifs is 1. The van der Waals surface area contributed by atoms with Crippen LogP contribution in [0.5, 0.6) is 0 Å². The Kier molecular flexibility index (Phi) is 5.50. The van der Waals surface area contributed by atoms with E-state index in [0.29, 0.717) is 16.8 Å². The zero-order valence-corrected chi connectivity index (χ0v) is 19.1. The van der Waals surface area contributed by atoms with Crippen LogP contribution in [0, 0.1) is 0 Å². The molecule has 6 nitrogen and oxygen atoms in total. The van der Waals surface area contributed by atoms with Crippen molar-refractivity contribution in [2.75, 3.05) is 12.8 Å². The molecule has 1 atom stereocenters. The largest absolute Gasteiger partial charge is 0.336 e. The van der Waals surface area contributed by atoms with Gasteiger partial charge in [-0.05, 0) is 44.0 Å². The lowest BCUT2D eigenvalue weighted by Gasteiger charge is -2.22. The summed E-state index contributed by atoms with van der Waals surface area (Å²) in [4.78, 5) is 24.1. The molecular weight excluding hydrogens is 426 g/mol. The van der Waals surface area contributed by atoms with Crippen LogP contribution >= 0.6 is 23.1 Å². The molecule has 0 saturated heterocycles. The SMILES string of the molecule is CC(c1nc2ccccc2s1)N(C)C(=O)CSc1nc(C2CC2)n(-c2ccccc2)n1. The highest BCUT2D eigenvalue weighted by atomic mass is 32.2. The third-order valence-electron chi connectivity index (χ3n) is 5.52. The van der Waals surface area contributed by atoms with E-state index in [0.717, 1.165) is 39.6 Å². The average Bonchev–Trinajstić information content (AvgIpc) is 3.41. The third-order valence-corrected chi connectivity index (χ3v) is 7.55. The number of thioether (sulfide) groups is 1. The Morgan fingerprint density at radius 2 is 1.90 bits per heavy atom. The van der Waals surface area contributed by atoms with Crippen molar-refractivity contribution in [1.29, 1.82) is 0 Å². The van der Waals surface area contributed by atoms with E-state index >= 15 is 0 Å². The van der Waals surface area contributed by atoms with Crippen molar-refractivity contribution in [2.24, 2.45) is 0 Å². The first-order valence-corrected chi connectivity index (χ1v) is 12.2. The lowest BCUT2D eigenvalue weighted by atomic mass is 10.3. The zero-order valence-electron chi connectivity index (χ0n) is 17.4. The fraction of sp³-hybridized carbons (Fsp3) is 0.304. The second kappa shape index (κ2) is 8.43. The molecule has 0 N–H and O–H groups in total. The minimum atomic E-state index is -0.0811. The molecule has 0 spiro atoms. The van der Waals surface area contributed by atoms with Gasteiger partial charge >= 0.3 is 0 Å². The highest BCUT2D eigenvalue weighted by Gasteiger charge is 2.30. The van der Waals surface area contributed by atoms with Crippen molar-refractivity contribution in [3.63, 3.8) is 0 Å². The van der Waals surface area contributed by atoms with Crippen LogP contribution in [0.3, 0.4) is 0 Å². The second-order valence-corrected chi connectivity index (χ2v) is 9.77. The van der Waals surface area contributed by atoms with Gasteiger partial charge in [-0.25, -0.2) is 14.6 Å². The van der Waals surface area contributed by atoms with Crippen LogP contribution in [0.4, 0.5) is 0 Å². The minimum Gasteiger partial charge on any atom is -0.336 e. The fourth-order valence-electron chi connectivity index (χ4n) is 3.41. The summed E-state index contributed by atoms with van der Waals surface area (Å²) in [5, 5.41) is 6.29. The molecule has 8 heteroatoms. The van der Waals surface area contributed by atoms with Gasteiger partial charge in [-0.1, -0.05) is 42.1 Å². The van der Waals surface area contributed by atoms with Gasteiger partial charge in [0.1, 0.15) is 10.8 Å². The summed E-state index contributed by atoms with van der Waals surface area (Å²) in [7, 11) is 1.84. The normalized spacial score (nSPS) is 14.6. The summed E-state index contributed by atoms with van der Waals surface area (Å²) >= 11 is 3.04. The van der Waals surface area contributed by atoms with Crippen molar-refractivity contribution in [1.82, 2.24) is 24.6 Å². The van der Waals surface area contributed by atoms with Crippen molar-refractivity contribution < 1.29 is 4.79 Å². The predicted octanol–water partition coefficient (Wildman–Crippen LogP) is 5.07. The summed E-state index contributed by atoms with van der Waals surface area (Å²) in [5.41, 5.74) is 1.99. The van der Waals surface area contributed by atoms with Gasteiger partial charge in [0.25, 0.3) is 0 Å². The summed E-state index contributed by atoms with van der Waals surface area (Å²) in [6.45, 7) is 2.02. The maximum Gasteiger partial charge on any atom is 0.233 e. The molecule has 1 aliphatic rings. The van der Waals surface area contributed by atoms with Gasteiger partial charge < -0.3 is 4.90 Å². The minimum absolute atomic E-state index is 0.0424. The molecule has 0 aliphatic heterocycles. The van der Waals surface area contributed by atoms with Crippen LogP contribution in [-0.2, 0) is 4.79 Å². The van der Waals surface area contributed by atoms with E-state index in [-0.39, 0.29) is 11.9 Å². The van der Waals surface area contributed by atoms with Crippen LogP contribution < -0.4 is 0 Å². The molecular formula is C23H23N5OS2. The Morgan fingerprint density at radius 3 is 2.65 bits per heavy atom. The molecule has 0 radical (unpaired) electrons. The van der Waals surface area contributed by atoms with Crippen molar-refractivity contribution in [2.45, 2.75) is 36.9 Å². The summed E-state index contributed by atoms with van der Waals surface area (Å²) in [6, 6.07) is 18.1. The van der Waals surface area contributed by atoms with E-state index in [4.69, 9.17) is 15.1 Å². The maximum absolute atomic E-state index is 12.9. The molecule has 1 unspecified atom stereocenters. The number of benzene rings is 2. The number of nitrogens with zero attached hydrogens (tertiary/aromatic N) is 5. The lowest BCUT2D eigenvalue weighted by molar-refractivity contribution is -0.128. The van der Waals surface area contributed by atoms with Crippen LogP contribution in [0.25, 0.3) is 15.9 Å². The average molecular weight is 450 g/mol. The Hall–Kier alpha value is -2.71. The number of hydrogen-bond acceptors (Lipinski definition) is 6. The molecule has 1 aliphatic carbocycles. The Labute approximate surface area is 189 Å². The van der Waals surface area contributed by atoms with Crippen molar-refractivity contribution >= 4 is 39.2 Å². The van der Waals surface area contributed by atoms with Gasteiger partial charge in [-0.2, -0.15) is 0 Å². The number of carbonyl (C=O) groups excluding carboxylic acids is 1. The Balaban J connectivity index is 1.27. The molecule has 4 aromatic rings. The summed E-state index contributed by atoms with van der Waals surface area (Å²) in [5.74, 6) is 1.81. The smallest absolute Gasteiger partial charge is 0.233 e. The van der Waals surface area contributed by atoms with Crippen LogP contribution in [0.1, 0.15) is 42.6 Å². The van der Waals surface area contributed by atoms with Gasteiger partial charge in [0, 0.05) is 13.0 Å². The van der Waals surface area contributed by atoms with E-state index in [1.807, 2.05) is 67.2 Å². The number of rotatable bonds is 7. The number of aromatic nitrogens is 4. The van der Waals surface area contributed by atoms with E-state index in [1.54, 1.807) is 16.2 Å². The van der Waals surface area contributed by atoms with Crippen LogP contribution in [-0.4, -0.2) is 43.4 Å². The summed E-state index contributed by atoms with van der Waals surface area (Å²) < 4.78 is 3.07. The van der Waals surface area contributed by atoms with Gasteiger partial charge in [0.15, 0.2) is 0 Å². The third kappa shape index (κ3) is 4.22. The van der Waals surface area contributed by atoms with Crippen molar-refractivity contribution in [3.05, 3.63) is 65.4 Å². The molecule has 2 aromatic heterocycles. The molecule has 31 heavy (non-hydrogen) atoms. The highest BCUT2D eigenvalue weighted by molar-refractivity contribution is 7.99. The first-order chi connectivity index (χ1) is 15.1. The molecule has 1 fully saturated rings. The van der Waals surface area contributed by atoms with Gasteiger partial charge in [0.2, 0.25) is 11.1 Å². The molecule has 1 amide bonds. The predicted molar refractivity (Wildman–Crippen MR) is 125 cm³/mol. The molecule has 1 saturated carbocycles. The number of amides is 1. The maximum atomic E-state index is 12.9. The Bertz CT molecular complexity index is 1180. The lowest BCUT2D eigenvalue weighted by Crippen LogP contribution is -2.31. The monoisotopic (exact) mass is 449 g/mol. The number of hydrogen-bond donors (Lipinski definition) is 0. The van der Waals surface area contributed by atoms with Gasteiger partial charge in [0.05, 0.1) is 27.7 Å². The van der Waals surface area contributed by atoms with E-state index < -0.39 is 0 Å². The molecule has 2 heterocycles. The molecule has 0 bridgehead atoms. The van der Waals surface area contributed by atoms with Crippen LogP contribution in [0.15, 0.2) is 59.8 Å². The van der Waals surface area contributed by atoms with Gasteiger partial charge in [-0.3, -0.25) is 4.79 Å². The quantitative estimate of drug-likeness (QED) is 0.369. The van der Waals surface area contributed by atoms with Gasteiger partial charge in [-0.15, -0.1) is 16.4 Å². The topological polar surface area (TPSA) is 63.9 Å². The van der Waals surface area contributed by atoms with E-state index in [9.17, 15) is 4.79 Å². The first kappa shape index (κ1) is 20.2. The molecule has 2 aromatic carbocycles. The first-order valence-electron chi connectivity index (χ1n) is 10.4. The highest BCUT2D eigenvalue weighted by Crippen LogP contribution is 2.40. The van der Waals surface area contributed by atoms with Crippen LogP contribution in [0.2, 0.25) is 0 Å². The summed E-state index contributed by atoms with van der Waals surface area (Å²) in [6.07, 6.45) is 2.30. The van der Waals surface area contributed by atoms with E-state index in [2.05, 4.69) is 6.07 Å². The number of thiazole rings is 1. The molecule has 158 valence electrons. The standard InChI is InChI=1S/C23H23N5OS2/c1-15(22-24-18-10-6-7-11-19(18)31-22)27(2)20(29)14-30-23-25-21(16-12-13-16)28(26-23)17-8-4-3-5-9-17/h3-11,15-16H,12-14H2,1-2H3. The number of para-hydroxylation sites is 2. The van der Waals surface area contributed by atoms with E-state index in [1.165, 1.54) is 11.8 Å². The molecule has 5 rings (SSSR count).